The molecule has 0 saturated carbocycles. The molecule has 0 bridgehead atoms. The first-order valence-electron chi connectivity index (χ1n) is 9.31. The van der Waals surface area contributed by atoms with Crippen molar-refractivity contribution in [1.82, 2.24) is 14.8 Å². The molecule has 1 amide bonds. The monoisotopic (exact) mass is 418 g/mol. The molecular formula is C22H18N4OS2. The molecule has 1 aliphatic rings. The summed E-state index contributed by atoms with van der Waals surface area (Å²) in [5, 5.41) is 15.3. The first-order chi connectivity index (χ1) is 14.2. The Kier molecular flexibility index (Phi) is 4.61. The molecular weight excluding hydrogens is 400 g/mol. The Morgan fingerprint density at radius 3 is 2.38 bits per heavy atom. The Bertz CT molecular complexity index is 1160. The highest BCUT2D eigenvalue weighted by atomic mass is 32.1. The van der Waals surface area contributed by atoms with Crippen LogP contribution >= 0.6 is 22.7 Å². The third-order valence-electron chi connectivity index (χ3n) is 4.92. The fourth-order valence-electron chi connectivity index (χ4n) is 3.58. The molecule has 0 N–H and O–H groups in total. The van der Waals surface area contributed by atoms with Crippen LogP contribution < -0.4 is 0 Å². The summed E-state index contributed by atoms with van der Waals surface area (Å²) in [4.78, 5) is 14.6. The summed E-state index contributed by atoms with van der Waals surface area (Å²) in [7, 11) is 0. The molecule has 1 unspecified atom stereocenters. The summed E-state index contributed by atoms with van der Waals surface area (Å²) >= 11 is 3.30. The van der Waals surface area contributed by atoms with E-state index in [0.29, 0.717) is 6.42 Å². The van der Waals surface area contributed by atoms with E-state index in [0.717, 1.165) is 32.4 Å². The van der Waals surface area contributed by atoms with E-state index in [2.05, 4.69) is 17.2 Å². The maximum Gasteiger partial charge on any atom is 0.240 e. The minimum Gasteiger partial charge on any atom is -0.273 e. The average Bonchev–Trinajstić information content (AvgIpc) is 3.54. The normalized spacial score (nSPS) is 16.2. The van der Waals surface area contributed by atoms with Crippen molar-refractivity contribution in [3.05, 3.63) is 82.0 Å². The molecule has 144 valence electrons. The molecule has 0 saturated heterocycles. The molecule has 7 heteroatoms. The molecule has 0 radical (unpaired) electrons. The zero-order valence-electron chi connectivity index (χ0n) is 15.7. The van der Waals surface area contributed by atoms with Crippen LogP contribution in [0.25, 0.3) is 16.3 Å². The van der Waals surface area contributed by atoms with Gasteiger partial charge in [0.25, 0.3) is 0 Å². The van der Waals surface area contributed by atoms with Gasteiger partial charge >= 0.3 is 0 Å². The number of carbonyl (C=O) groups is 1. The van der Waals surface area contributed by atoms with Crippen LogP contribution in [0.1, 0.15) is 29.8 Å². The van der Waals surface area contributed by atoms with Gasteiger partial charge in [0.2, 0.25) is 5.91 Å². The minimum atomic E-state index is -0.167. The standard InChI is InChI=1S/C22H18N4OS2/c1-15(27)26-19(13-18(23-26)20-9-5-11-28-20)17-14-25(16-7-3-2-4-8-16)24-22(17)21-10-6-12-29-21/h2-12,14,19H,13H2,1H3. The van der Waals surface area contributed by atoms with Crippen molar-refractivity contribution in [1.29, 1.82) is 0 Å². The third-order valence-corrected chi connectivity index (χ3v) is 6.71. The number of carbonyl (C=O) groups excluding carboxylic acids is 1. The van der Waals surface area contributed by atoms with E-state index in [1.807, 2.05) is 64.1 Å². The Labute approximate surface area is 176 Å². The Balaban J connectivity index is 1.61. The number of hydrazone groups is 1. The first kappa shape index (κ1) is 18.0. The van der Waals surface area contributed by atoms with E-state index < -0.39 is 0 Å². The topological polar surface area (TPSA) is 50.5 Å². The third kappa shape index (κ3) is 3.32. The van der Waals surface area contributed by atoms with Crippen LogP contribution in [0, 0.1) is 0 Å². The highest BCUT2D eigenvalue weighted by Gasteiger charge is 2.35. The molecule has 29 heavy (non-hydrogen) atoms. The van der Waals surface area contributed by atoms with E-state index in [1.54, 1.807) is 34.6 Å². The van der Waals surface area contributed by atoms with Gasteiger partial charge in [0, 0.05) is 25.1 Å². The fraction of sp³-hybridized carbons (Fsp3) is 0.136. The SMILES string of the molecule is CC(=O)N1N=C(c2cccs2)CC1c1cn(-c2ccccc2)nc1-c1cccs1. The summed E-state index contributed by atoms with van der Waals surface area (Å²) in [5.41, 5.74) is 3.86. The number of aromatic nitrogens is 2. The minimum absolute atomic E-state index is 0.0638. The molecule has 0 aliphatic carbocycles. The molecule has 3 aromatic heterocycles. The van der Waals surface area contributed by atoms with Crippen molar-refractivity contribution in [2.45, 2.75) is 19.4 Å². The molecule has 1 aliphatic heterocycles. The van der Waals surface area contributed by atoms with Crippen molar-refractivity contribution in [2.24, 2.45) is 5.10 Å². The van der Waals surface area contributed by atoms with E-state index in [1.165, 1.54) is 0 Å². The van der Waals surface area contributed by atoms with Crippen LogP contribution in [-0.4, -0.2) is 26.4 Å². The maximum absolute atomic E-state index is 12.4. The number of benzene rings is 1. The quantitative estimate of drug-likeness (QED) is 0.448. The van der Waals surface area contributed by atoms with Gasteiger partial charge in [-0.05, 0) is 35.0 Å². The van der Waals surface area contributed by atoms with Crippen molar-refractivity contribution in [3.63, 3.8) is 0 Å². The Hall–Kier alpha value is -3.03. The summed E-state index contributed by atoms with van der Waals surface area (Å²) in [6, 6.07) is 18.0. The van der Waals surface area contributed by atoms with Gasteiger partial charge in [0.15, 0.2) is 0 Å². The van der Waals surface area contributed by atoms with E-state index in [-0.39, 0.29) is 11.9 Å². The van der Waals surface area contributed by atoms with Crippen LogP contribution in [-0.2, 0) is 4.79 Å². The van der Waals surface area contributed by atoms with Gasteiger partial charge in [-0.1, -0.05) is 30.3 Å². The molecule has 4 heterocycles. The summed E-state index contributed by atoms with van der Waals surface area (Å²) in [6.07, 6.45) is 2.72. The number of hydrogen-bond donors (Lipinski definition) is 0. The highest BCUT2D eigenvalue weighted by Crippen LogP contribution is 2.39. The molecule has 0 spiro atoms. The van der Waals surface area contributed by atoms with Gasteiger partial charge in [-0.15, -0.1) is 22.7 Å². The van der Waals surface area contributed by atoms with Crippen molar-refractivity contribution < 1.29 is 4.79 Å². The van der Waals surface area contributed by atoms with Crippen LogP contribution in [0.2, 0.25) is 0 Å². The summed E-state index contributed by atoms with van der Waals surface area (Å²) < 4.78 is 1.89. The second-order valence-electron chi connectivity index (χ2n) is 6.80. The van der Waals surface area contributed by atoms with Crippen LogP contribution in [0.15, 0.2) is 76.7 Å². The zero-order valence-corrected chi connectivity index (χ0v) is 17.4. The van der Waals surface area contributed by atoms with Gasteiger partial charge in [-0.2, -0.15) is 10.2 Å². The first-order valence-corrected chi connectivity index (χ1v) is 11.1. The Morgan fingerprint density at radius 1 is 1.00 bits per heavy atom. The van der Waals surface area contributed by atoms with Gasteiger partial charge in [-0.3, -0.25) is 4.79 Å². The predicted molar refractivity (Wildman–Crippen MR) is 118 cm³/mol. The Morgan fingerprint density at radius 2 is 1.72 bits per heavy atom. The summed E-state index contributed by atoms with van der Waals surface area (Å²) in [6.45, 7) is 1.57. The summed E-state index contributed by atoms with van der Waals surface area (Å²) in [5.74, 6) is -0.0638. The smallest absolute Gasteiger partial charge is 0.240 e. The molecule has 5 nitrogen and oxygen atoms in total. The molecule has 1 aromatic carbocycles. The van der Waals surface area contributed by atoms with E-state index in [9.17, 15) is 4.79 Å². The lowest BCUT2D eigenvalue weighted by Crippen LogP contribution is -2.24. The predicted octanol–water partition coefficient (Wildman–Crippen LogP) is 5.36. The van der Waals surface area contributed by atoms with Crippen molar-refractivity contribution >= 4 is 34.3 Å². The maximum atomic E-state index is 12.4. The molecule has 0 fully saturated rings. The molecule has 4 aromatic rings. The van der Waals surface area contributed by atoms with Crippen LogP contribution in [0.4, 0.5) is 0 Å². The number of amides is 1. The number of para-hydroxylation sites is 1. The van der Waals surface area contributed by atoms with E-state index in [4.69, 9.17) is 5.10 Å². The zero-order chi connectivity index (χ0) is 19.8. The van der Waals surface area contributed by atoms with Gasteiger partial charge in [0.05, 0.1) is 27.2 Å². The second kappa shape index (κ2) is 7.42. The van der Waals surface area contributed by atoms with E-state index >= 15 is 0 Å². The van der Waals surface area contributed by atoms with Crippen LogP contribution in [0.3, 0.4) is 0 Å². The number of rotatable bonds is 4. The lowest BCUT2D eigenvalue weighted by Gasteiger charge is -2.19. The number of thiophene rings is 2. The van der Waals surface area contributed by atoms with Gasteiger partial charge in [-0.25, -0.2) is 9.69 Å². The van der Waals surface area contributed by atoms with Gasteiger partial charge < -0.3 is 0 Å². The molecule has 1 atom stereocenters. The van der Waals surface area contributed by atoms with Crippen LogP contribution in [0.5, 0.6) is 0 Å². The van der Waals surface area contributed by atoms with Crippen molar-refractivity contribution in [2.75, 3.05) is 0 Å². The lowest BCUT2D eigenvalue weighted by molar-refractivity contribution is -0.130. The fourth-order valence-corrected chi connectivity index (χ4v) is 5.04. The van der Waals surface area contributed by atoms with Crippen molar-refractivity contribution in [3.8, 4) is 16.3 Å². The second-order valence-corrected chi connectivity index (χ2v) is 8.69. The lowest BCUT2D eigenvalue weighted by atomic mass is 10.0. The van der Waals surface area contributed by atoms with Gasteiger partial charge in [0.1, 0.15) is 5.69 Å². The number of nitrogens with zero attached hydrogens (tertiary/aromatic N) is 4. The number of hydrogen-bond acceptors (Lipinski definition) is 5. The highest BCUT2D eigenvalue weighted by molar-refractivity contribution is 7.13. The molecule has 5 rings (SSSR count). The average molecular weight is 419 g/mol. The largest absolute Gasteiger partial charge is 0.273 e.